The van der Waals surface area contributed by atoms with Gasteiger partial charge in [-0.25, -0.2) is 9.59 Å². The largest absolute Gasteiger partial charge is 0.469 e. The van der Waals surface area contributed by atoms with Gasteiger partial charge in [-0.2, -0.15) is 0 Å². The van der Waals surface area contributed by atoms with Gasteiger partial charge in [0, 0.05) is 6.42 Å². The van der Waals surface area contributed by atoms with E-state index in [1.807, 2.05) is 6.07 Å². The van der Waals surface area contributed by atoms with Gasteiger partial charge < -0.3 is 19.5 Å². The van der Waals surface area contributed by atoms with Gasteiger partial charge in [-0.3, -0.25) is 4.79 Å². The lowest BCUT2D eigenvalue weighted by Gasteiger charge is -2.19. The van der Waals surface area contributed by atoms with Crippen molar-refractivity contribution in [2.24, 2.45) is 0 Å². The van der Waals surface area contributed by atoms with E-state index in [-0.39, 0.29) is 50.3 Å². The number of amides is 1. The van der Waals surface area contributed by atoms with Crippen molar-refractivity contribution in [3.63, 3.8) is 0 Å². The summed E-state index contributed by atoms with van der Waals surface area (Å²) in [5.41, 5.74) is 0.736. The molecule has 0 saturated carbocycles. The van der Waals surface area contributed by atoms with Gasteiger partial charge in [-0.15, -0.1) is 0 Å². The summed E-state index contributed by atoms with van der Waals surface area (Å²) in [6.07, 6.45) is -1.26. The van der Waals surface area contributed by atoms with Crippen molar-refractivity contribution in [2.45, 2.75) is 25.5 Å². The Morgan fingerprint density at radius 1 is 0.906 bits per heavy atom. The maximum atomic E-state index is 12.8. The molecule has 0 aromatic heterocycles. The SMILES string of the molecule is COC(=O)CC[C@H](NC(=O)OCc1ccccc1)C(=O)Oc1c(Cl)c(Cl)c(Cl)c(Cl)c1Cl. The van der Waals surface area contributed by atoms with Crippen LogP contribution in [-0.2, 0) is 25.7 Å². The Kier molecular flexibility index (Phi) is 10.2. The number of hydrogen-bond acceptors (Lipinski definition) is 6. The highest BCUT2D eigenvalue weighted by Gasteiger charge is 2.28. The number of halogens is 5. The number of hydrogen-bond donors (Lipinski definition) is 1. The number of alkyl carbamates (subject to hydrolysis) is 1. The Hall–Kier alpha value is -1.90. The molecule has 0 bridgehead atoms. The molecule has 0 saturated heterocycles. The standard InChI is InChI=1S/C20H16Cl5NO6/c1-30-12(27)8-7-11(26-20(29)31-9-10-5-3-2-4-6-10)19(28)32-18-16(24)14(22)13(21)15(23)17(18)25/h2-6,11H,7-9H2,1H3,(H,26,29)/t11-/m0/s1. The second-order valence-corrected chi connectivity index (χ2v) is 8.08. The number of carbonyl (C=O) groups is 3. The highest BCUT2D eigenvalue weighted by molar-refractivity contribution is 6.55. The number of carbonyl (C=O) groups excluding carboxylic acids is 3. The van der Waals surface area contributed by atoms with Crippen LogP contribution in [-0.4, -0.2) is 31.2 Å². The molecule has 0 heterocycles. The minimum absolute atomic E-state index is 0.0362. The summed E-state index contributed by atoms with van der Waals surface area (Å²) in [5, 5.41) is 1.37. The molecule has 0 spiro atoms. The van der Waals surface area contributed by atoms with Crippen LogP contribution in [0.5, 0.6) is 5.75 Å². The van der Waals surface area contributed by atoms with E-state index in [0.717, 1.165) is 5.56 Å². The first-order valence-electron chi connectivity index (χ1n) is 8.92. The smallest absolute Gasteiger partial charge is 0.408 e. The van der Waals surface area contributed by atoms with Crippen LogP contribution in [0.4, 0.5) is 4.79 Å². The number of nitrogens with one attached hydrogen (secondary N) is 1. The minimum Gasteiger partial charge on any atom is -0.469 e. The summed E-state index contributed by atoms with van der Waals surface area (Å²) in [7, 11) is 1.19. The molecule has 0 unspecified atom stereocenters. The highest BCUT2D eigenvalue weighted by Crippen LogP contribution is 2.48. The van der Waals surface area contributed by atoms with Crippen LogP contribution < -0.4 is 10.1 Å². The van der Waals surface area contributed by atoms with Gasteiger partial charge in [-0.1, -0.05) is 88.3 Å². The van der Waals surface area contributed by atoms with E-state index in [1.54, 1.807) is 24.3 Å². The van der Waals surface area contributed by atoms with Gasteiger partial charge in [0.05, 0.1) is 22.2 Å². The molecule has 0 fully saturated rings. The average molecular weight is 544 g/mol. The molecule has 12 heteroatoms. The van der Waals surface area contributed by atoms with Crippen LogP contribution >= 0.6 is 58.0 Å². The van der Waals surface area contributed by atoms with Crippen molar-refractivity contribution in [3.05, 3.63) is 61.0 Å². The molecule has 1 amide bonds. The quantitative estimate of drug-likeness (QED) is 0.187. The molecule has 172 valence electrons. The molecule has 1 atom stereocenters. The molecule has 1 N–H and O–H groups in total. The maximum absolute atomic E-state index is 12.8. The first kappa shape index (κ1) is 26.4. The molecule has 32 heavy (non-hydrogen) atoms. The molecule has 7 nitrogen and oxygen atoms in total. The lowest BCUT2D eigenvalue weighted by Crippen LogP contribution is -2.43. The van der Waals surface area contributed by atoms with Gasteiger partial charge in [0.2, 0.25) is 0 Å². The second-order valence-electron chi connectivity index (χ2n) is 6.19. The first-order valence-corrected chi connectivity index (χ1v) is 10.8. The normalized spacial score (nSPS) is 11.4. The third-order valence-corrected chi connectivity index (χ3v) is 6.27. The Labute approximate surface area is 208 Å². The lowest BCUT2D eigenvalue weighted by atomic mass is 10.1. The summed E-state index contributed by atoms with van der Waals surface area (Å²) in [5.74, 6) is -1.94. The summed E-state index contributed by atoms with van der Waals surface area (Å²) in [4.78, 5) is 36.5. The van der Waals surface area contributed by atoms with Gasteiger partial charge in [0.25, 0.3) is 0 Å². The highest BCUT2D eigenvalue weighted by atomic mass is 35.5. The molecular formula is C20H16Cl5NO6. The van der Waals surface area contributed by atoms with E-state index >= 15 is 0 Å². The van der Waals surface area contributed by atoms with Crippen LogP contribution in [0.15, 0.2) is 30.3 Å². The average Bonchev–Trinajstić information content (AvgIpc) is 2.80. The molecule has 2 rings (SSSR count). The van der Waals surface area contributed by atoms with Crippen LogP contribution in [0, 0.1) is 0 Å². The van der Waals surface area contributed by atoms with Gasteiger partial charge in [0.15, 0.2) is 5.75 Å². The van der Waals surface area contributed by atoms with Gasteiger partial charge >= 0.3 is 18.0 Å². The topological polar surface area (TPSA) is 90.9 Å². The maximum Gasteiger partial charge on any atom is 0.408 e. The zero-order valence-electron chi connectivity index (χ0n) is 16.4. The minimum atomic E-state index is -1.31. The van der Waals surface area contributed by atoms with E-state index in [4.69, 9.17) is 67.5 Å². The molecule has 2 aromatic rings. The van der Waals surface area contributed by atoms with E-state index in [1.165, 1.54) is 7.11 Å². The number of methoxy groups -OCH3 is 1. The first-order chi connectivity index (χ1) is 15.1. The van der Waals surface area contributed by atoms with Crippen LogP contribution in [0.3, 0.4) is 0 Å². The van der Waals surface area contributed by atoms with Crippen molar-refractivity contribution in [1.29, 1.82) is 0 Å². The van der Waals surface area contributed by atoms with Crippen LogP contribution in [0.1, 0.15) is 18.4 Å². The number of esters is 2. The summed E-state index contributed by atoms with van der Waals surface area (Å²) < 4.78 is 14.9. The van der Waals surface area contributed by atoms with Gasteiger partial charge in [-0.05, 0) is 12.0 Å². The molecular weight excluding hydrogens is 527 g/mol. The summed E-state index contributed by atoms with van der Waals surface area (Å²) >= 11 is 30.0. The molecule has 0 aliphatic heterocycles. The fourth-order valence-electron chi connectivity index (χ4n) is 2.37. The third kappa shape index (κ3) is 7.05. The Balaban J connectivity index is 2.16. The zero-order valence-corrected chi connectivity index (χ0v) is 20.2. The molecule has 0 radical (unpaired) electrons. The van der Waals surface area contributed by atoms with Crippen molar-refractivity contribution in [2.75, 3.05) is 7.11 Å². The van der Waals surface area contributed by atoms with Crippen molar-refractivity contribution in [1.82, 2.24) is 5.32 Å². The van der Waals surface area contributed by atoms with E-state index in [9.17, 15) is 14.4 Å². The summed E-state index contributed by atoms with van der Waals surface area (Å²) in [6.45, 7) is -0.0362. The lowest BCUT2D eigenvalue weighted by molar-refractivity contribution is -0.141. The number of benzene rings is 2. The Bertz CT molecular complexity index is 973. The van der Waals surface area contributed by atoms with Gasteiger partial charge in [0.1, 0.15) is 22.7 Å². The third-order valence-electron chi connectivity index (χ3n) is 4.03. The number of ether oxygens (including phenoxy) is 3. The fourth-order valence-corrected chi connectivity index (χ4v) is 3.56. The molecule has 0 aliphatic rings. The van der Waals surface area contributed by atoms with Crippen molar-refractivity contribution < 1.29 is 28.6 Å². The van der Waals surface area contributed by atoms with Crippen molar-refractivity contribution >= 4 is 76.0 Å². The Morgan fingerprint density at radius 2 is 1.47 bits per heavy atom. The second kappa shape index (κ2) is 12.4. The number of rotatable bonds is 8. The van der Waals surface area contributed by atoms with Crippen LogP contribution in [0.2, 0.25) is 25.1 Å². The predicted octanol–water partition coefficient (Wildman–Crippen LogP) is 6.11. The Morgan fingerprint density at radius 3 is 2.03 bits per heavy atom. The summed E-state index contributed by atoms with van der Waals surface area (Å²) in [6, 6.07) is 7.58. The van der Waals surface area contributed by atoms with E-state index in [0.29, 0.717) is 0 Å². The molecule has 0 aliphatic carbocycles. The fraction of sp³-hybridized carbons (Fsp3) is 0.250. The predicted molar refractivity (Wildman–Crippen MR) is 122 cm³/mol. The van der Waals surface area contributed by atoms with Crippen molar-refractivity contribution in [3.8, 4) is 5.75 Å². The van der Waals surface area contributed by atoms with E-state index in [2.05, 4.69) is 10.1 Å². The zero-order chi connectivity index (χ0) is 23.8. The molecule has 2 aromatic carbocycles. The van der Waals surface area contributed by atoms with Crippen LogP contribution in [0.25, 0.3) is 0 Å². The van der Waals surface area contributed by atoms with E-state index < -0.39 is 24.1 Å². The monoisotopic (exact) mass is 541 g/mol.